The first-order valence-corrected chi connectivity index (χ1v) is 7.20. The molecule has 0 radical (unpaired) electrons. The summed E-state index contributed by atoms with van der Waals surface area (Å²) in [7, 11) is 0. The number of rotatable bonds is 4. The molecule has 1 saturated heterocycles. The molecule has 1 heterocycles. The summed E-state index contributed by atoms with van der Waals surface area (Å²) < 4.78 is 0. The summed E-state index contributed by atoms with van der Waals surface area (Å²) in [4.78, 5) is 13.9. The predicted molar refractivity (Wildman–Crippen MR) is 76.3 cm³/mol. The number of carboxylic acids is 1. The van der Waals surface area contributed by atoms with E-state index in [0.29, 0.717) is 12.6 Å². The smallest absolute Gasteiger partial charge is 0.312 e. The van der Waals surface area contributed by atoms with Gasteiger partial charge in [0.05, 0.1) is 5.92 Å². The lowest BCUT2D eigenvalue weighted by atomic mass is 9.98. The van der Waals surface area contributed by atoms with Crippen LogP contribution >= 0.6 is 0 Å². The van der Waals surface area contributed by atoms with Crippen LogP contribution in [0.25, 0.3) is 0 Å². The molecule has 0 aromatic heterocycles. The molecule has 2 atom stereocenters. The topological polar surface area (TPSA) is 40.5 Å². The molecule has 2 unspecified atom stereocenters. The fourth-order valence-electron chi connectivity index (χ4n) is 2.85. The zero-order valence-electron chi connectivity index (χ0n) is 11.6. The molecule has 0 bridgehead atoms. The third-order valence-electron chi connectivity index (χ3n) is 4.11. The summed E-state index contributed by atoms with van der Waals surface area (Å²) >= 11 is 0. The Morgan fingerprint density at radius 2 is 2.05 bits per heavy atom. The first-order chi connectivity index (χ1) is 9.18. The molecule has 3 nitrogen and oxygen atoms in total. The number of carbonyl (C=O) groups is 1. The third kappa shape index (κ3) is 3.80. The summed E-state index contributed by atoms with van der Waals surface area (Å²) in [6.07, 6.45) is 4.90. The van der Waals surface area contributed by atoms with E-state index < -0.39 is 11.9 Å². The summed E-state index contributed by atoms with van der Waals surface area (Å²) in [6.45, 7) is 3.87. The predicted octanol–water partition coefficient (Wildman–Crippen LogP) is 3.12. The quantitative estimate of drug-likeness (QED) is 0.905. The highest BCUT2D eigenvalue weighted by atomic mass is 16.4. The lowest BCUT2D eigenvalue weighted by Crippen LogP contribution is -2.38. The molecule has 3 heteroatoms. The molecule has 1 aromatic carbocycles. The summed E-state index contributed by atoms with van der Waals surface area (Å²) in [6, 6.07) is 10.1. The highest BCUT2D eigenvalue weighted by molar-refractivity contribution is 5.76. The van der Waals surface area contributed by atoms with Crippen LogP contribution in [0, 0.1) is 0 Å². The highest BCUT2D eigenvalue weighted by Gasteiger charge is 2.26. The Hall–Kier alpha value is -1.35. The Morgan fingerprint density at radius 3 is 2.74 bits per heavy atom. The van der Waals surface area contributed by atoms with Crippen LogP contribution in [0.1, 0.15) is 44.1 Å². The van der Waals surface area contributed by atoms with E-state index in [0.717, 1.165) is 12.1 Å². The molecule has 0 spiro atoms. The van der Waals surface area contributed by atoms with Crippen molar-refractivity contribution in [3.05, 3.63) is 35.9 Å². The van der Waals surface area contributed by atoms with Gasteiger partial charge in [0.25, 0.3) is 0 Å². The van der Waals surface area contributed by atoms with Gasteiger partial charge < -0.3 is 5.11 Å². The van der Waals surface area contributed by atoms with Gasteiger partial charge in [-0.3, -0.25) is 9.69 Å². The summed E-state index contributed by atoms with van der Waals surface area (Å²) in [5, 5.41) is 9.49. The molecule has 0 saturated carbocycles. The van der Waals surface area contributed by atoms with Crippen LogP contribution in [0.4, 0.5) is 0 Å². The van der Waals surface area contributed by atoms with Crippen molar-refractivity contribution in [3.8, 4) is 0 Å². The lowest BCUT2D eigenvalue weighted by Gasteiger charge is -2.29. The molecule has 1 N–H and O–H groups in total. The maximum absolute atomic E-state index is 11.5. The zero-order valence-corrected chi connectivity index (χ0v) is 11.6. The average molecular weight is 261 g/mol. The van der Waals surface area contributed by atoms with Gasteiger partial charge in [-0.25, -0.2) is 0 Å². The van der Waals surface area contributed by atoms with Crippen molar-refractivity contribution in [2.45, 2.75) is 44.6 Å². The molecule has 1 aliphatic heterocycles. The maximum atomic E-state index is 11.5. The van der Waals surface area contributed by atoms with Gasteiger partial charge in [0, 0.05) is 12.6 Å². The fraction of sp³-hybridized carbons (Fsp3) is 0.562. The van der Waals surface area contributed by atoms with Gasteiger partial charge >= 0.3 is 5.97 Å². The van der Waals surface area contributed by atoms with Crippen LogP contribution < -0.4 is 0 Å². The molecule has 2 rings (SSSR count). The monoisotopic (exact) mass is 261 g/mol. The Balaban J connectivity index is 2.10. The van der Waals surface area contributed by atoms with Gasteiger partial charge in [0.2, 0.25) is 0 Å². The molecule has 19 heavy (non-hydrogen) atoms. The van der Waals surface area contributed by atoms with Gasteiger partial charge in [-0.05, 0) is 31.9 Å². The Kier molecular flexibility index (Phi) is 4.97. The Bertz CT molecular complexity index is 404. The van der Waals surface area contributed by atoms with Crippen LogP contribution in [-0.4, -0.2) is 35.1 Å². The maximum Gasteiger partial charge on any atom is 0.312 e. The SMILES string of the molecule is CC1CCCCCN1CC(C(=O)O)c1ccccc1. The standard InChI is InChI=1S/C16H23NO2/c1-13-8-4-3-7-11-17(13)12-15(16(18)19)14-9-5-2-6-10-14/h2,5-6,9-10,13,15H,3-4,7-8,11-12H2,1H3,(H,18,19). The van der Waals surface area contributed by atoms with Crippen molar-refractivity contribution in [3.63, 3.8) is 0 Å². The first kappa shape index (κ1) is 14.1. The van der Waals surface area contributed by atoms with Gasteiger partial charge in [-0.1, -0.05) is 43.2 Å². The van der Waals surface area contributed by atoms with E-state index in [9.17, 15) is 9.90 Å². The van der Waals surface area contributed by atoms with Crippen LogP contribution in [0.15, 0.2) is 30.3 Å². The van der Waals surface area contributed by atoms with E-state index in [-0.39, 0.29) is 0 Å². The number of hydrogen-bond donors (Lipinski definition) is 1. The second kappa shape index (κ2) is 6.71. The minimum Gasteiger partial charge on any atom is -0.481 e. The zero-order chi connectivity index (χ0) is 13.7. The normalized spacial score (nSPS) is 22.7. The number of likely N-dealkylation sites (tertiary alicyclic amines) is 1. The minimum atomic E-state index is -0.720. The van der Waals surface area contributed by atoms with Crippen LogP contribution in [0.3, 0.4) is 0 Å². The van der Waals surface area contributed by atoms with Gasteiger partial charge in [0.15, 0.2) is 0 Å². The van der Waals surface area contributed by atoms with E-state index in [1.807, 2.05) is 30.3 Å². The minimum absolute atomic E-state index is 0.415. The van der Waals surface area contributed by atoms with Crippen molar-refractivity contribution in [2.24, 2.45) is 0 Å². The molecular weight excluding hydrogens is 238 g/mol. The van der Waals surface area contributed by atoms with Crippen molar-refractivity contribution >= 4 is 5.97 Å². The molecule has 1 aliphatic rings. The second-order valence-corrected chi connectivity index (χ2v) is 5.49. The van der Waals surface area contributed by atoms with Gasteiger partial charge in [-0.15, -0.1) is 0 Å². The van der Waals surface area contributed by atoms with Crippen LogP contribution in [0.5, 0.6) is 0 Å². The number of nitrogens with zero attached hydrogens (tertiary/aromatic N) is 1. The van der Waals surface area contributed by atoms with Crippen molar-refractivity contribution in [2.75, 3.05) is 13.1 Å². The van der Waals surface area contributed by atoms with Crippen LogP contribution in [-0.2, 0) is 4.79 Å². The second-order valence-electron chi connectivity index (χ2n) is 5.49. The lowest BCUT2D eigenvalue weighted by molar-refractivity contribution is -0.139. The largest absolute Gasteiger partial charge is 0.481 e. The molecule has 104 valence electrons. The number of carboxylic acid groups (broad SMARTS) is 1. The molecule has 1 aromatic rings. The van der Waals surface area contributed by atoms with Crippen molar-refractivity contribution in [1.82, 2.24) is 4.90 Å². The third-order valence-corrected chi connectivity index (χ3v) is 4.11. The molecule has 0 amide bonds. The fourth-order valence-corrected chi connectivity index (χ4v) is 2.85. The van der Waals surface area contributed by atoms with E-state index >= 15 is 0 Å². The molecule has 0 aliphatic carbocycles. The Labute approximate surface area is 115 Å². The average Bonchev–Trinajstić information content (AvgIpc) is 2.61. The van der Waals surface area contributed by atoms with Crippen molar-refractivity contribution < 1.29 is 9.90 Å². The number of aliphatic carboxylic acids is 1. The summed E-state index contributed by atoms with van der Waals surface area (Å²) in [5.41, 5.74) is 0.909. The summed E-state index contributed by atoms with van der Waals surface area (Å²) in [5.74, 6) is -1.13. The van der Waals surface area contributed by atoms with E-state index in [2.05, 4.69) is 11.8 Å². The van der Waals surface area contributed by atoms with Gasteiger partial charge in [-0.2, -0.15) is 0 Å². The van der Waals surface area contributed by atoms with Gasteiger partial charge in [0.1, 0.15) is 0 Å². The molecule has 1 fully saturated rings. The van der Waals surface area contributed by atoms with E-state index in [1.54, 1.807) is 0 Å². The number of benzene rings is 1. The van der Waals surface area contributed by atoms with E-state index in [1.165, 1.54) is 25.7 Å². The number of hydrogen-bond acceptors (Lipinski definition) is 2. The highest BCUT2D eigenvalue weighted by Crippen LogP contribution is 2.22. The molecular formula is C16H23NO2. The Morgan fingerprint density at radius 1 is 1.32 bits per heavy atom. The first-order valence-electron chi connectivity index (χ1n) is 7.20. The van der Waals surface area contributed by atoms with Crippen molar-refractivity contribution in [1.29, 1.82) is 0 Å². The van der Waals surface area contributed by atoms with Crippen LogP contribution in [0.2, 0.25) is 0 Å². The van der Waals surface area contributed by atoms with E-state index in [4.69, 9.17) is 0 Å².